The number of nitrogens with one attached hydrogen (secondary N) is 2. The van der Waals surface area contributed by atoms with Crippen LogP contribution in [0, 0.1) is 0 Å². The van der Waals surface area contributed by atoms with Crippen LogP contribution in [0.4, 0.5) is 5.69 Å². The first-order valence-corrected chi connectivity index (χ1v) is 7.16. The van der Waals surface area contributed by atoms with Gasteiger partial charge in [0.25, 0.3) is 0 Å². The quantitative estimate of drug-likeness (QED) is 0.893. The highest BCUT2D eigenvalue weighted by Crippen LogP contribution is 2.31. The number of carbonyl (C=O) groups is 1. The molecule has 106 valence electrons. The molecular weight excluding hydrogens is 276 g/mol. The van der Waals surface area contributed by atoms with E-state index in [0.717, 1.165) is 42.5 Å². The summed E-state index contributed by atoms with van der Waals surface area (Å²) in [5, 5.41) is 11.8. The summed E-state index contributed by atoms with van der Waals surface area (Å²) in [5.74, 6) is 0.0448. The summed E-state index contributed by atoms with van der Waals surface area (Å²) in [4.78, 5) is 13.4. The molecule has 1 aliphatic heterocycles. The fourth-order valence-corrected chi connectivity index (χ4v) is 3.02. The van der Waals surface area contributed by atoms with Gasteiger partial charge in [-0.1, -0.05) is 11.6 Å². The Hall–Kier alpha value is -1.75. The van der Waals surface area contributed by atoms with Gasteiger partial charge in [0, 0.05) is 42.2 Å². The maximum atomic E-state index is 11.1. The van der Waals surface area contributed by atoms with Crippen molar-refractivity contribution in [3.05, 3.63) is 23.4 Å². The van der Waals surface area contributed by atoms with E-state index in [2.05, 4.69) is 20.4 Å². The van der Waals surface area contributed by atoms with Gasteiger partial charge < -0.3 is 10.2 Å². The molecular formula is C14H17ClN4O. The molecule has 20 heavy (non-hydrogen) atoms. The molecule has 1 aliphatic rings. The Bertz CT molecular complexity index is 631. The minimum atomic E-state index is 0.0448. The van der Waals surface area contributed by atoms with E-state index in [9.17, 15) is 4.79 Å². The summed E-state index contributed by atoms with van der Waals surface area (Å²) in [6.45, 7) is 3.38. The number of hydrogen-bond acceptors (Lipinski definition) is 3. The fraction of sp³-hybridized carbons (Fsp3) is 0.429. The highest BCUT2D eigenvalue weighted by atomic mass is 35.5. The van der Waals surface area contributed by atoms with E-state index in [1.54, 1.807) is 6.92 Å². The van der Waals surface area contributed by atoms with Crippen molar-refractivity contribution in [2.24, 2.45) is 0 Å². The summed E-state index contributed by atoms with van der Waals surface area (Å²) in [5.41, 5.74) is 2.07. The zero-order chi connectivity index (χ0) is 14.1. The smallest absolute Gasteiger partial charge is 0.217 e. The Kier molecular flexibility index (Phi) is 3.53. The Morgan fingerprint density at radius 3 is 2.90 bits per heavy atom. The number of amides is 1. The maximum absolute atomic E-state index is 11.1. The highest BCUT2D eigenvalue weighted by molar-refractivity contribution is 6.31. The van der Waals surface area contributed by atoms with E-state index >= 15 is 0 Å². The molecule has 1 saturated heterocycles. The first-order valence-electron chi connectivity index (χ1n) is 6.78. The largest absolute Gasteiger partial charge is 0.371 e. The number of nitrogens with zero attached hydrogens (tertiary/aromatic N) is 2. The number of aromatic nitrogens is 2. The molecule has 2 N–H and O–H groups in total. The number of rotatable bonds is 2. The molecule has 3 rings (SSSR count). The van der Waals surface area contributed by atoms with Gasteiger partial charge in [-0.2, -0.15) is 5.10 Å². The zero-order valence-corrected chi connectivity index (χ0v) is 12.1. The van der Waals surface area contributed by atoms with Crippen LogP contribution < -0.4 is 10.2 Å². The number of carbonyl (C=O) groups excluding carboxylic acids is 1. The average molecular weight is 293 g/mol. The third kappa shape index (κ3) is 2.58. The van der Waals surface area contributed by atoms with Gasteiger partial charge in [-0.25, -0.2) is 0 Å². The lowest BCUT2D eigenvalue weighted by atomic mass is 10.0. The van der Waals surface area contributed by atoms with Crippen molar-refractivity contribution >= 4 is 34.1 Å². The molecule has 1 aromatic carbocycles. The maximum Gasteiger partial charge on any atom is 0.217 e. The molecule has 1 fully saturated rings. The van der Waals surface area contributed by atoms with E-state index in [-0.39, 0.29) is 11.9 Å². The second-order valence-corrected chi connectivity index (χ2v) is 5.65. The van der Waals surface area contributed by atoms with Gasteiger partial charge in [-0.3, -0.25) is 9.89 Å². The van der Waals surface area contributed by atoms with Gasteiger partial charge in [0.05, 0.1) is 11.7 Å². The van der Waals surface area contributed by atoms with Crippen LogP contribution in [0.15, 0.2) is 18.3 Å². The SMILES string of the molecule is CC(=O)NC1CCN(c2cc(Cl)cc3[nH]ncc23)CC1. The molecule has 1 aromatic heterocycles. The number of benzene rings is 1. The fourth-order valence-electron chi connectivity index (χ4n) is 2.81. The third-order valence-corrected chi connectivity index (χ3v) is 3.96. The van der Waals surface area contributed by atoms with Gasteiger partial charge in [0.15, 0.2) is 0 Å². The molecule has 0 atom stereocenters. The summed E-state index contributed by atoms with van der Waals surface area (Å²) >= 11 is 6.17. The van der Waals surface area contributed by atoms with Crippen LogP contribution in [0.3, 0.4) is 0 Å². The van der Waals surface area contributed by atoms with Crippen molar-refractivity contribution in [1.82, 2.24) is 15.5 Å². The zero-order valence-electron chi connectivity index (χ0n) is 11.3. The number of halogens is 1. The second kappa shape index (κ2) is 5.32. The minimum absolute atomic E-state index is 0.0448. The van der Waals surface area contributed by atoms with Gasteiger partial charge in [-0.15, -0.1) is 0 Å². The Labute approximate surface area is 122 Å². The number of piperidine rings is 1. The molecule has 2 heterocycles. The van der Waals surface area contributed by atoms with Crippen molar-refractivity contribution in [2.75, 3.05) is 18.0 Å². The first-order chi connectivity index (χ1) is 9.63. The summed E-state index contributed by atoms with van der Waals surface area (Å²) < 4.78 is 0. The Morgan fingerprint density at radius 1 is 1.45 bits per heavy atom. The van der Waals surface area contributed by atoms with Crippen LogP contribution >= 0.6 is 11.6 Å². The molecule has 0 saturated carbocycles. The van der Waals surface area contributed by atoms with E-state index in [4.69, 9.17) is 11.6 Å². The molecule has 1 amide bonds. The lowest BCUT2D eigenvalue weighted by Crippen LogP contribution is -2.44. The highest BCUT2D eigenvalue weighted by Gasteiger charge is 2.21. The van der Waals surface area contributed by atoms with Crippen molar-refractivity contribution in [3.8, 4) is 0 Å². The van der Waals surface area contributed by atoms with Crippen molar-refractivity contribution < 1.29 is 4.79 Å². The lowest BCUT2D eigenvalue weighted by molar-refractivity contribution is -0.119. The topological polar surface area (TPSA) is 61.0 Å². The monoisotopic (exact) mass is 292 g/mol. The molecule has 6 heteroatoms. The minimum Gasteiger partial charge on any atom is -0.371 e. The molecule has 2 aromatic rings. The van der Waals surface area contributed by atoms with E-state index in [1.807, 2.05) is 18.3 Å². The van der Waals surface area contributed by atoms with Crippen LogP contribution in [0.2, 0.25) is 5.02 Å². The van der Waals surface area contributed by atoms with Crippen molar-refractivity contribution in [3.63, 3.8) is 0 Å². The predicted octanol–water partition coefficient (Wildman–Crippen LogP) is 2.32. The van der Waals surface area contributed by atoms with Crippen LogP contribution in [0.25, 0.3) is 10.9 Å². The van der Waals surface area contributed by atoms with Crippen LogP contribution in [0.5, 0.6) is 0 Å². The molecule has 5 nitrogen and oxygen atoms in total. The molecule has 0 bridgehead atoms. The standard InChI is InChI=1S/C14H17ClN4O/c1-9(20)17-11-2-4-19(5-3-11)14-7-10(15)6-13-12(14)8-16-18-13/h6-8,11H,2-5H2,1H3,(H,16,18)(H,17,20). The third-order valence-electron chi connectivity index (χ3n) is 3.74. The second-order valence-electron chi connectivity index (χ2n) is 5.22. The summed E-state index contributed by atoms with van der Waals surface area (Å²) in [6.07, 6.45) is 3.73. The molecule has 0 aliphatic carbocycles. The molecule has 0 unspecified atom stereocenters. The van der Waals surface area contributed by atoms with E-state index in [0.29, 0.717) is 5.02 Å². The number of hydrogen-bond donors (Lipinski definition) is 2. The lowest BCUT2D eigenvalue weighted by Gasteiger charge is -2.34. The Balaban J connectivity index is 1.79. The van der Waals surface area contributed by atoms with E-state index < -0.39 is 0 Å². The first kappa shape index (κ1) is 13.2. The number of anilines is 1. The van der Waals surface area contributed by atoms with Crippen molar-refractivity contribution in [2.45, 2.75) is 25.8 Å². The predicted molar refractivity (Wildman–Crippen MR) is 80.2 cm³/mol. The number of fused-ring (bicyclic) bond motifs is 1. The van der Waals surface area contributed by atoms with E-state index in [1.165, 1.54) is 0 Å². The van der Waals surface area contributed by atoms with Crippen LogP contribution in [0.1, 0.15) is 19.8 Å². The van der Waals surface area contributed by atoms with Gasteiger partial charge in [0.1, 0.15) is 0 Å². The number of H-pyrrole nitrogens is 1. The summed E-state index contributed by atoms with van der Waals surface area (Å²) in [7, 11) is 0. The average Bonchev–Trinajstić information content (AvgIpc) is 2.86. The normalized spacial score (nSPS) is 16.6. The van der Waals surface area contributed by atoms with Gasteiger partial charge in [0.2, 0.25) is 5.91 Å². The van der Waals surface area contributed by atoms with Gasteiger partial charge in [-0.05, 0) is 25.0 Å². The van der Waals surface area contributed by atoms with Crippen LogP contribution in [-0.2, 0) is 4.79 Å². The van der Waals surface area contributed by atoms with Crippen molar-refractivity contribution in [1.29, 1.82) is 0 Å². The molecule has 0 spiro atoms. The molecule has 0 radical (unpaired) electrons. The Morgan fingerprint density at radius 2 is 2.20 bits per heavy atom. The summed E-state index contributed by atoms with van der Waals surface area (Å²) in [6, 6.07) is 4.15. The van der Waals surface area contributed by atoms with Crippen LogP contribution in [-0.4, -0.2) is 35.2 Å². The van der Waals surface area contributed by atoms with Gasteiger partial charge >= 0.3 is 0 Å². The number of aromatic amines is 1.